The van der Waals surface area contributed by atoms with Crippen molar-refractivity contribution in [1.82, 2.24) is 15.1 Å². The number of hydrogen-bond acceptors (Lipinski definition) is 5. The van der Waals surface area contributed by atoms with E-state index in [1.165, 1.54) is 0 Å². The minimum atomic E-state index is -0.767. The van der Waals surface area contributed by atoms with Gasteiger partial charge in [-0.15, -0.1) is 0 Å². The second-order valence-corrected chi connectivity index (χ2v) is 5.66. The molecular formula is C16H12Cl2N4O3. The van der Waals surface area contributed by atoms with Crippen molar-refractivity contribution in [1.29, 1.82) is 5.26 Å². The average Bonchev–Trinajstić information content (AvgIpc) is 2.62. The molecule has 0 radical (unpaired) electrons. The summed E-state index contributed by atoms with van der Waals surface area (Å²) < 4.78 is 0.797. The van der Waals surface area contributed by atoms with E-state index in [-0.39, 0.29) is 16.6 Å². The van der Waals surface area contributed by atoms with Gasteiger partial charge >= 0.3 is 0 Å². The normalized spacial score (nSPS) is 11.4. The third-order valence-corrected chi connectivity index (χ3v) is 3.91. The molecule has 0 bridgehead atoms. The third-order valence-electron chi connectivity index (χ3n) is 3.17. The summed E-state index contributed by atoms with van der Waals surface area (Å²) in [5.74, 6) is -1.38. The molecule has 1 heterocycles. The Bertz CT molecular complexity index is 917. The van der Waals surface area contributed by atoms with E-state index in [2.05, 4.69) is 10.4 Å². The lowest BCUT2D eigenvalue weighted by molar-refractivity contribution is -0.117. The maximum atomic E-state index is 12.1. The Kier molecular flexibility index (Phi) is 6.17. The highest BCUT2D eigenvalue weighted by atomic mass is 35.5. The Labute approximate surface area is 152 Å². The van der Waals surface area contributed by atoms with Gasteiger partial charge in [-0.2, -0.15) is 10.4 Å². The second kappa shape index (κ2) is 8.33. The summed E-state index contributed by atoms with van der Waals surface area (Å²) in [4.78, 5) is 24.0. The van der Waals surface area contributed by atoms with Gasteiger partial charge < -0.3 is 10.4 Å². The fourth-order valence-electron chi connectivity index (χ4n) is 1.89. The molecule has 0 fully saturated rings. The summed E-state index contributed by atoms with van der Waals surface area (Å²) in [6.07, 6.45) is 1.13. The van der Waals surface area contributed by atoms with Crippen LogP contribution in [0, 0.1) is 11.3 Å². The number of nitrogens with one attached hydrogen (secondary N) is 1. The van der Waals surface area contributed by atoms with Crippen molar-refractivity contribution < 1.29 is 9.90 Å². The lowest BCUT2D eigenvalue weighted by atomic mass is 10.2. The minimum Gasteiger partial charge on any atom is -0.509 e. The first-order chi connectivity index (χ1) is 11.9. The van der Waals surface area contributed by atoms with Crippen LogP contribution in [0.3, 0.4) is 0 Å². The third kappa shape index (κ3) is 4.59. The SMILES string of the molecule is N#CC(C(=O)NCc1ccccc1)=C(O)Cn1ncc(Cl)c(Cl)c1=O. The van der Waals surface area contributed by atoms with Gasteiger partial charge in [0, 0.05) is 6.54 Å². The van der Waals surface area contributed by atoms with Gasteiger partial charge in [-0.25, -0.2) is 4.68 Å². The van der Waals surface area contributed by atoms with Crippen LogP contribution in [0.2, 0.25) is 10.0 Å². The maximum absolute atomic E-state index is 12.1. The number of benzene rings is 1. The van der Waals surface area contributed by atoms with Crippen LogP contribution in [0.15, 0.2) is 52.7 Å². The highest BCUT2D eigenvalue weighted by molar-refractivity contribution is 6.41. The predicted octanol–water partition coefficient (Wildman–Crippen LogP) is 2.20. The molecule has 0 saturated heterocycles. The molecule has 0 atom stereocenters. The average molecular weight is 379 g/mol. The summed E-state index contributed by atoms with van der Waals surface area (Å²) in [5, 5.41) is 25.1. The number of allylic oxidation sites excluding steroid dienone is 1. The van der Waals surface area contributed by atoms with Gasteiger partial charge in [-0.05, 0) is 5.56 Å². The van der Waals surface area contributed by atoms with E-state index in [1.54, 1.807) is 18.2 Å². The summed E-state index contributed by atoms with van der Waals surface area (Å²) in [6.45, 7) is -0.305. The number of aliphatic hydroxyl groups excluding tert-OH is 1. The van der Waals surface area contributed by atoms with E-state index in [1.807, 2.05) is 18.2 Å². The van der Waals surface area contributed by atoms with Crippen molar-refractivity contribution in [3.05, 3.63) is 73.8 Å². The zero-order valence-electron chi connectivity index (χ0n) is 12.7. The Morgan fingerprint density at radius 2 is 2.00 bits per heavy atom. The zero-order valence-corrected chi connectivity index (χ0v) is 14.3. The molecule has 25 heavy (non-hydrogen) atoms. The number of nitrogens with zero attached hydrogens (tertiary/aromatic N) is 3. The van der Waals surface area contributed by atoms with Crippen LogP contribution in [0.5, 0.6) is 0 Å². The van der Waals surface area contributed by atoms with Crippen LogP contribution >= 0.6 is 23.2 Å². The number of rotatable bonds is 5. The topological polar surface area (TPSA) is 108 Å². The maximum Gasteiger partial charge on any atom is 0.287 e. The van der Waals surface area contributed by atoms with Gasteiger partial charge in [-0.3, -0.25) is 9.59 Å². The fraction of sp³-hybridized carbons (Fsp3) is 0.125. The van der Waals surface area contributed by atoms with Crippen molar-refractivity contribution >= 4 is 29.1 Å². The van der Waals surface area contributed by atoms with Crippen LogP contribution in [0.25, 0.3) is 0 Å². The Balaban J connectivity index is 2.17. The molecule has 0 saturated carbocycles. The molecule has 2 rings (SSSR count). The largest absolute Gasteiger partial charge is 0.509 e. The van der Waals surface area contributed by atoms with E-state index in [4.69, 9.17) is 28.5 Å². The van der Waals surface area contributed by atoms with Gasteiger partial charge in [-0.1, -0.05) is 53.5 Å². The van der Waals surface area contributed by atoms with E-state index in [0.717, 1.165) is 16.4 Å². The predicted molar refractivity (Wildman–Crippen MR) is 92.1 cm³/mol. The molecule has 0 aliphatic carbocycles. The lowest BCUT2D eigenvalue weighted by Crippen LogP contribution is -2.28. The van der Waals surface area contributed by atoms with Gasteiger partial charge in [0.2, 0.25) is 0 Å². The van der Waals surface area contributed by atoms with E-state index >= 15 is 0 Å². The zero-order chi connectivity index (χ0) is 18.4. The first kappa shape index (κ1) is 18.5. The standard InChI is InChI=1S/C16H12Cl2N4O3/c17-12-8-21-22(16(25)14(12)18)9-13(23)11(6-19)15(24)20-7-10-4-2-1-3-5-10/h1-5,8,23H,7,9H2,(H,20,24). The van der Waals surface area contributed by atoms with Crippen molar-refractivity contribution in [2.45, 2.75) is 13.1 Å². The number of nitriles is 1. The molecule has 1 aromatic heterocycles. The van der Waals surface area contributed by atoms with Crippen molar-refractivity contribution in [2.24, 2.45) is 0 Å². The highest BCUT2D eigenvalue weighted by Gasteiger charge is 2.17. The van der Waals surface area contributed by atoms with E-state index < -0.39 is 29.3 Å². The number of aromatic nitrogens is 2. The molecule has 128 valence electrons. The summed E-state index contributed by atoms with van der Waals surface area (Å²) in [7, 11) is 0. The molecule has 2 N–H and O–H groups in total. The van der Waals surface area contributed by atoms with Crippen molar-refractivity contribution in [3.8, 4) is 6.07 Å². The Morgan fingerprint density at radius 1 is 1.32 bits per heavy atom. The van der Waals surface area contributed by atoms with Gasteiger partial charge in [0.25, 0.3) is 11.5 Å². The smallest absolute Gasteiger partial charge is 0.287 e. The molecule has 1 amide bonds. The molecule has 7 nitrogen and oxygen atoms in total. The minimum absolute atomic E-state index is 0.0347. The van der Waals surface area contributed by atoms with Gasteiger partial charge in [0.15, 0.2) is 5.57 Å². The summed E-state index contributed by atoms with van der Waals surface area (Å²) in [6, 6.07) is 10.7. The summed E-state index contributed by atoms with van der Waals surface area (Å²) >= 11 is 11.4. The van der Waals surface area contributed by atoms with Crippen LogP contribution in [0.1, 0.15) is 5.56 Å². The molecule has 0 spiro atoms. The number of halogens is 2. The molecule has 0 unspecified atom stereocenters. The number of carbonyl (C=O) groups excluding carboxylic acids is 1. The highest BCUT2D eigenvalue weighted by Crippen LogP contribution is 2.15. The molecule has 0 aliphatic rings. The number of amides is 1. The van der Waals surface area contributed by atoms with Crippen LogP contribution in [0.4, 0.5) is 0 Å². The monoisotopic (exact) mass is 378 g/mol. The van der Waals surface area contributed by atoms with Gasteiger partial charge in [0.1, 0.15) is 23.4 Å². The van der Waals surface area contributed by atoms with E-state index in [0.29, 0.717) is 0 Å². The van der Waals surface area contributed by atoms with Crippen LogP contribution in [-0.4, -0.2) is 20.8 Å². The van der Waals surface area contributed by atoms with Gasteiger partial charge in [0.05, 0.1) is 11.2 Å². The first-order valence-electron chi connectivity index (χ1n) is 6.99. The lowest BCUT2D eigenvalue weighted by Gasteiger charge is -2.08. The number of aliphatic hydroxyl groups is 1. The van der Waals surface area contributed by atoms with Crippen molar-refractivity contribution in [3.63, 3.8) is 0 Å². The van der Waals surface area contributed by atoms with Crippen LogP contribution in [-0.2, 0) is 17.9 Å². The molecule has 9 heteroatoms. The van der Waals surface area contributed by atoms with Crippen molar-refractivity contribution in [2.75, 3.05) is 0 Å². The second-order valence-electron chi connectivity index (χ2n) is 4.87. The quantitative estimate of drug-likeness (QED) is 0.471. The summed E-state index contributed by atoms with van der Waals surface area (Å²) in [5.41, 5.74) is -0.437. The number of carbonyl (C=O) groups is 1. The Hall–Kier alpha value is -2.82. The molecule has 0 aliphatic heterocycles. The molecule has 1 aromatic carbocycles. The van der Waals surface area contributed by atoms with Crippen LogP contribution < -0.4 is 10.9 Å². The number of hydrogen-bond donors (Lipinski definition) is 2. The molecule has 2 aromatic rings. The first-order valence-corrected chi connectivity index (χ1v) is 7.75. The van der Waals surface area contributed by atoms with E-state index in [9.17, 15) is 14.7 Å². The fourth-order valence-corrected chi connectivity index (χ4v) is 2.16. The Morgan fingerprint density at radius 3 is 2.64 bits per heavy atom. The molecular weight excluding hydrogens is 367 g/mol.